The summed E-state index contributed by atoms with van der Waals surface area (Å²) in [6, 6.07) is 15.9. The highest BCUT2D eigenvalue weighted by molar-refractivity contribution is 5.92. The minimum absolute atomic E-state index is 0.0295. The zero-order chi connectivity index (χ0) is 39.0. The average molecular weight is 741 g/mol. The number of benzene rings is 3. The highest BCUT2D eigenvalue weighted by Crippen LogP contribution is 2.46. The zero-order valence-electron chi connectivity index (χ0n) is 32.8. The molecule has 8 nitrogen and oxygen atoms in total. The summed E-state index contributed by atoms with van der Waals surface area (Å²) in [6.45, 7) is 15.5. The molecular weight excluding hydrogens is 680 g/mol. The molecule has 1 aliphatic rings. The van der Waals surface area contributed by atoms with E-state index in [9.17, 15) is 19.8 Å². The van der Waals surface area contributed by atoms with Gasteiger partial charge in [0.2, 0.25) is 0 Å². The Bertz CT molecular complexity index is 1730. The summed E-state index contributed by atoms with van der Waals surface area (Å²) in [5.41, 5.74) is 6.25. The van der Waals surface area contributed by atoms with Crippen molar-refractivity contribution in [1.82, 2.24) is 0 Å². The third-order valence-electron chi connectivity index (χ3n) is 10.1. The van der Waals surface area contributed by atoms with Crippen molar-refractivity contribution in [2.75, 3.05) is 26.4 Å². The summed E-state index contributed by atoms with van der Waals surface area (Å²) in [6.07, 6.45) is 12.6. The van der Waals surface area contributed by atoms with Gasteiger partial charge in [0, 0.05) is 36.3 Å². The SMILES string of the molecule is C=C(C)C(=O)Oc1ccc(-c2cc(-c3ccc(C4CCC(CCCCC)CC4)cc3CC)cc(OC(=O)C(=C)C)c2OCCCCO)cc1OCCCO. The van der Waals surface area contributed by atoms with Crippen LogP contribution in [0.5, 0.6) is 23.0 Å². The van der Waals surface area contributed by atoms with E-state index < -0.39 is 11.9 Å². The molecule has 0 heterocycles. The van der Waals surface area contributed by atoms with E-state index in [1.54, 1.807) is 32.0 Å². The molecule has 0 unspecified atom stereocenters. The average Bonchev–Trinajstić information content (AvgIpc) is 3.17. The maximum Gasteiger partial charge on any atom is 0.338 e. The summed E-state index contributed by atoms with van der Waals surface area (Å²) in [7, 11) is 0. The van der Waals surface area contributed by atoms with Gasteiger partial charge in [0.15, 0.2) is 23.0 Å². The highest BCUT2D eigenvalue weighted by atomic mass is 16.6. The van der Waals surface area contributed by atoms with Crippen molar-refractivity contribution in [2.24, 2.45) is 5.92 Å². The lowest BCUT2D eigenvalue weighted by molar-refractivity contribution is -0.131. The minimum Gasteiger partial charge on any atom is -0.490 e. The molecule has 0 spiro atoms. The number of rotatable bonds is 21. The number of aliphatic hydroxyl groups excluding tert-OH is 2. The summed E-state index contributed by atoms with van der Waals surface area (Å²) in [4.78, 5) is 25.6. The van der Waals surface area contributed by atoms with Crippen molar-refractivity contribution in [3.05, 3.63) is 84.0 Å². The molecule has 3 aromatic carbocycles. The van der Waals surface area contributed by atoms with Crippen LogP contribution in [0, 0.1) is 5.92 Å². The number of carbonyl (C=O) groups is 2. The van der Waals surface area contributed by atoms with Gasteiger partial charge in [-0.3, -0.25) is 0 Å². The molecule has 0 atom stereocenters. The van der Waals surface area contributed by atoms with Crippen molar-refractivity contribution >= 4 is 11.9 Å². The van der Waals surface area contributed by atoms with Crippen LogP contribution in [0.1, 0.15) is 115 Å². The topological polar surface area (TPSA) is 112 Å². The Morgan fingerprint density at radius 3 is 2.00 bits per heavy atom. The first kappa shape index (κ1) is 42.3. The van der Waals surface area contributed by atoms with Crippen LogP contribution >= 0.6 is 0 Å². The van der Waals surface area contributed by atoms with Gasteiger partial charge in [-0.25, -0.2) is 9.59 Å². The first-order valence-corrected chi connectivity index (χ1v) is 19.8. The zero-order valence-corrected chi connectivity index (χ0v) is 32.8. The molecule has 54 heavy (non-hydrogen) atoms. The molecule has 0 aliphatic heterocycles. The standard InChI is InChI=1S/C46H60O8/c1-7-9-10-14-33-15-17-35(18-16-33)36-19-21-39(34(8-2)27-36)38-28-40(44(52-25-12-11-23-47)43(30-38)54-46(50)32(5)6)37-20-22-41(53-45(49)31(3)4)42(29-37)51-26-13-24-48/h19-22,27-30,33,35,47-48H,3,5,7-18,23-26H2,1-2,4,6H3. The highest BCUT2D eigenvalue weighted by Gasteiger charge is 2.25. The molecule has 0 aromatic heterocycles. The van der Waals surface area contributed by atoms with E-state index in [-0.39, 0.29) is 49.1 Å². The Hall–Kier alpha value is -4.40. The van der Waals surface area contributed by atoms with Crippen LogP contribution in [-0.2, 0) is 16.0 Å². The number of ether oxygens (including phenoxy) is 4. The van der Waals surface area contributed by atoms with Crippen LogP contribution in [0.3, 0.4) is 0 Å². The van der Waals surface area contributed by atoms with Crippen LogP contribution < -0.4 is 18.9 Å². The second-order valence-electron chi connectivity index (χ2n) is 14.5. The van der Waals surface area contributed by atoms with Crippen molar-refractivity contribution in [3.8, 4) is 45.3 Å². The van der Waals surface area contributed by atoms with Crippen LogP contribution in [0.25, 0.3) is 22.3 Å². The Morgan fingerprint density at radius 2 is 1.35 bits per heavy atom. The van der Waals surface area contributed by atoms with Crippen LogP contribution in [0.4, 0.5) is 0 Å². The third-order valence-corrected chi connectivity index (χ3v) is 10.1. The van der Waals surface area contributed by atoms with Crippen LogP contribution in [0.2, 0.25) is 0 Å². The lowest BCUT2D eigenvalue weighted by atomic mass is 9.76. The van der Waals surface area contributed by atoms with E-state index in [2.05, 4.69) is 45.2 Å². The molecule has 2 N–H and O–H groups in total. The number of hydrogen-bond donors (Lipinski definition) is 2. The molecular formula is C46H60O8. The number of esters is 2. The van der Waals surface area contributed by atoms with Gasteiger partial charge in [-0.15, -0.1) is 0 Å². The van der Waals surface area contributed by atoms with Gasteiger partial charge < -0.3 is 29.2 Å². The van der Waals surface area contributed by atoms with Gasteiger partial charge in [0.1, 0.15) is 0 Å². The molecule has 8 heteroatoms. The number of hydrogen-bond acceptors (Lipinski definition) is 8. The molecule has 1 aliphatic carbocycles. The summed E-state index contributed by atoms with van der Waals surface area (Å²) in [5.74, 6) is 1.32. The second-order valence-corrected chi connectivity index (χ2v) is 14.5. The van der Waals surface area contributed by atoms with Crippen molar-refractivity contribution in [2.45, 2.75) is 111 Å². The van der Waals surface area contributed by atoms with Gasteiger partial charge in [-0.05, 0) is 123 Å². The first-order valence-electron chi connectivity index (χ1n) is 19.8. The molecule has 292 valence electrons. The van der Waals surface area contributed by atoms with Gasteiger partial charge in [-0.1, -0.05) is 77.0 Å². The molecule has 0 saturated heterocycles. The van der Waals surface area contributed by atoms with Crippen molar-refractivity contribution in [3.63, 3.8) is 0 Å². The number of carbonyl (C=O) groups excluding carboxylic acids is 2. The first-order chi connectivity index (χ1) is 26.1. The Kier molecular flexibility index (Phi) is 16.8. The predicted octanol–water partition coefficient (Wildman–Crippen LogP) is 10.3. The lowest BCUT2D eigenvalue weighted by Crippen LogP contribution is -2.13. The quantitative estimate of drug-likeness (QED) is 0.0481. The summed E-state index contributed by atoms with van der Waals surface area (Å²) < 4.78 is 24.0. The molecule has 1 fully saturated rings. The Balaban J connectivity index is 1.83. The predicted molar refractivity (Wildman–Crippen MR) is 215 cm³/mol. The van der Waals surface area contributed by atoms with Crippen LogP contribution in [-0.4, -0.2) is 48.6 Å². The Labute approximate surface area is 322 Å². The van der Waals surface area contributed by atoms with Crippen LogP contribution in [0.15, 0.2) is 72.8 Å². The fourth-order valence-corrected chi connectivity index (χ4v) is 6.99. The van der Waals surface area contributed by atoms with E-state index in [1.165, 1.54) is 62.5 Å². The van der Waals surface area contributed by atoms with Gasteiger partial charge in [-0.2, -0.15) is 0 Å². The minimum atomic E-state index is -0.589. The van der Waals surface area contributed by atoms with E-state index in [0.717, 1.165) is 23.5 Å². The molecule has 4 rings (SSSR count). The fourth-order valence-electron chi connectivity index (χ4n) is 6.99. The van der Waals surface area contributed by atoms with E-state index in [0.29, 0.717) is 47.8 Å². The van der Waals surface area contributed by atoms with E-state index >= 15 is 0 Å². The van der Waals surface area contributed by atoms with Gasteiger partial charge >= 0.3 is 11.9 Å². The van der Waals surface area contributed by atoms with E-state index in [4.69, 9.17) is 18.9 Å². The molecule has 0 amide bonds. The normalized spacial score (nSPS) is 15.4. The third kappa shape index (κ3) is 11.8. The summed E-state index contributed by atoms with van der Waals surface area (Å²) >= 11 is 0. The second kappa shape index (κ2) is 21.5. The number of aliphatic hydroxyl groups is 2. The molecule has 0 bridgehead atoms. The van der Waals surface area contributed by atoms with Crippen molar-refractivity contribution in [1.29, 1.82) is 0 Å². The Morgan fingerprint density at radius 1 is 0.685 bits per heavy atom. The molecule has 0 radical (unpaired) electrons. The largest absolute Gasteiger partial charge is 0.490 e. The maximum atomic E-state index is 13.1. The smallest absolute Gasteiger partial charge is 0.338 e. The summed E-state index contributed by atoms with van der Waals surface area (Å²) in [5, 5.41) is 18.9. The lowest BCUT2D eigenvalue weighted by Gasteiger charge is -2.29. The number of unbranched alkanes of at least 4 members (excludes halogenated alkanes) is 3. The number of aryl methyl sites for hydroxylation is 1. The van der Waals surface area contributed by atoms with E-state index in [1.807, 2.05) is 12.1 Å². The molecule has 3 aromatic rings. The monoisotopic (exact) mass is 740 g/mol. The van der Waals surface area contributed by atoms with Gasteiger partial charge in [0.25, 0.3) is 0 Å². The fraction of sp³-hybridized carbons (Fsp3) is 0.478. The molecule has 1 saturated carbocycles. The maximum absolute atomic E-state index is 13.1. The van der Waals surface area contributed by atoms with Crippen molar-refractivity contribution < 1.29 is 38.7 Å². The van der Waals surface area contributed by atoms with Gasteiger partial charge in [0.05, 0.1) is 13.2 Å².